The molecule has 136 valence electrons. The van der Waals surface area contributed by atoms with E-state index < -0.39 is 4.92 Å². The summed E-state index contributed by atoms with van der Waals surface area (Å²) in [4.78, 5) is 24.8. The average Bonchev–Trinajstić information content (AvgIpc) is 2.66. The fourth-order valence-corrected chi connectivity index (χ4v) is 3.18. The molecule has 0 aliphatic carbocycles. The summed E-state index contributed by atoms with van der Waals surface area (Å²) >= 11 is 0. The van der Waals surface area contributed by atoms with E-state index in [1.54, 1.807) is 18.1 Å². The predicted molar refractivity (Wildman–Crippen MR) is 97.0 cm³/mol. The molecule has 1 aliphatic rings. The maximum atomic E-state index is 12.7. The number of nitrogens with zero attached hydrogens (tertiary/aromatic N) is 2. The van der Waals surface area contributed by atoms with Gasteiger partial charge in [0.1, 0.15) is 11.5 Å². The first kappa shape index (κ1) is 17.7. The van der Waals surface area contributed by atoms with E-state index in [0.29, 0.717) is 18.0 Å². The molecule has 1 heterocycles. The molecule has 1 aliphatic heterocycles. The average molecular weight is 356 g/mol. The first-order valence-electron chi connectivity index (χ1n) is 8.35. The van der Waals surface area contributed by atoms with Crippen LogP contribution in [0.1, 0.15) is 17.5 Å². The Kier molecular flexibility index (Phi) is 5.06. The number of non-ortho nitro benzene ring substituents is 1. The van der Waals surface area contributed by atoms with Crippen LogP contribution in [0.2, 0.25) is 0 Å². The second kappa shape index (κ2) is 7.43. The molecule has 0 N–H and O–H groups in total. The van der Waals surface area contributed by atoms with Crippen molar-refractivity contribution in [2.45, 2.75) is 19.8 Å². The fraction of sp³-hybridized carbons (Fsp3) is 0.316. The summed E-state index contributed by atoms with van der Waals surface area (Å²) in [6, 6.07) is 9.66. The lowest BCUT2D eigenvalue weighted by Gasteiger charge is -2.32. The largest absolute Gasteiger partial charge is 0.495 e. The number of aryl methyl sites for hydroxylation is 1. The number of nitro benzene ring substituents is 1. The molecule has 2 aromatic carbocycles. The van der Waals surface area contributed by atoms with Crippen LogP contribution in [0, 0.1) is 17.0 Å². The van der Waals surface area contributed by atoms with Gasteiger partial charge < -0.3 is 14.4 Å². The van der Waals surface area contributed by atoms with Gasteiger partial charge in [-0.2, -0.15) is 0 Å². The molecule has 0 unspecified atom stereocenters. The third-order valence-electron chi connectivity index (χ3n) is 4.47. The Labute approximate surface area is 151 Å². The summed E-state index contributed by atoms with van der Waals surface area (Å²) in [5.74, 6) is 0.747. The molecule has 0 atom stereocenters. The predicted octanol–water partition coefficient (Wildman–Crippen LogP) is 3.27. The van der Waals surface area contributed by atoms with Crippen LogP contribution in [0.15, 0.2) is 36.4 Å². The van der Waals surface area contributed by atoms with Crippen LogP contribution in [0.4, 0.5) is 11.4 Å². The van der Waals surface area contributed by atoms with E-state index >= 15 is 0 Å². The van der Waals surface area contributed by atoms with Gasteiger partial charge in [0.25, 0.3) is 11.6 Å². The van der Waals surface area contributed by atoms with Crippen molar-refractivity contribution in [2.75, 3.05) is 25.2 Å². The molecule has 0 radical (unpaired) electrons. The Morgan fingerprint density at radius 3 is 2.85 bits per heavy atom. The molecule has 7 nitrogen and oxygen atoms in total. The Bertz CT molecular complexity index is 850. The van der Waals surface area contributed by atoms with Crippen LogP contribution in [-0.4, -0.2) is 31.1 Å². The lowest BCUT2D eigenvalue weighted by Crippen LogP contribution is -2.39. The van der Waals surface area contributed by atoms with Crippen molar-refractivity contribution in [2.24, 2.45) is 0 Å². The number of nitro groups is 1. The highest BCUT2D eigenvalue weighted by molar-refractivity contribution is 5.97. The number of rotatable bonds is 5. The van der Waals surface area contributed by atoms with Gasteiger partial charge in [0, 0.05) is 12.6 Å². The van der Waals surface area contributed by atoms with E-state index in [9.17, 15) is 14.9 Å². The molecule has 0 spiro atoms. The number of ether oxygens (including phenoxy) is 2. The molecule has 2 aromatic rings. The van der Waals surface area contributed by atoms with E-state index in [1.165, 1.54) is 18.2 Å². The number of fused-ring (bicyclic) bond motifs is 1. The minimum Gasteiger partial charge on any atom is -0.495 e. The van der Waals surface area contributed by atoms with Gasteiger partial charge in [0.2, 0.25) is 0 Å². The SMILES string of the molecule is COc1ccc(C)c2c1N(C(=O)COc1cccc([N+](=O)[O-])c1)CCC2. The fourth-order valence-electron chi connectivity index (χ4n) is 3.18. The Morgan fingerprint density at radius 2 is 2.12 bits per heavy atom. The van der Waals surface area contributed by atoms with Crippen molar-refractivity contribution >= 4 is 17.3 Å². The van der Waals surface area contributed by atoms with Crippen LogP contribution >= 0.6 is 0 Å². The van der Waals surface area contributed by atoms with Gasteiger partial charge in [0.05, 0.1) is 23.8 Å². The van der Waals surface area contributed by atoms with Crippen molar-refractivity contribution < 1.29 is 19.2 Å². The van der Waals surface area contributed by atoms with Gasteiger partial charge in [-0.05, 0) is 43.0 Å². The lowest BCUT2D eigenvalue weighted by atomic mass is 9.96. The zero-order valence-electron chi connectivity index (χ0n) is 14.7. The lowest BCUT2D eigenvalue weighted by molar-refractivity contribution is -0.384. The molecule has 0 fully saturated rings. The van der Waals surface area contributed by atoms with E-state index in [1.807, 2.05) is 19.1 Å². The number of amides is 1. The van der Waals surface area contributed by atoms with Crippen molar-refractivity contribution in [1.29, 1.82) is 0 Å². The maximum Gasteiger partial charge on any atom is 0.273 e. The van der Waals surface area contributed by atoms with Crippen molar-refractivity contribution in [3.05, 3.63) is 57.6 Å². The third kappa shape index (κ3) is 3.46. The smallest absolute Gasteiger partial charge is 0.273 e. The molecular weight excluding hydrogens is 336 g/mol. The van der Waals surface area contributed by atoms with E-state index in [4.69, 9.17) is 9.47 Å². The number of hydrogen-bond acceptors (Lipinski definition) is 5. The number of anilines is 1. The van der Waals surface area contributed by atoms with Gasteiger partial charge >= 0.3 is 0 Å². The standard InChI is InChI=1S/C19H20N2O5/c1-13-8-9-17(25-2)19-16(13)7-4-10-20(19)18(22)12-26-15-6-3-5-14(11-15)21(23)24/h3,5-6,8-9,11H,4,7,10,12H2,1-2H3. The Hall–Kier alpha value is -3.09. The summed E-state index contributed by atoms with van der Waals surface area (Å²) < 4.78 is 10.9. The summed E-state index contributed by atoms with van der Waals surface area (Å²) in [7, 11) is 1.59. The third-order valence-corrected chi connectivity index (χ3v) is 4.47. The molecule has 0 saturated carbocycles. The zero-order valence-corrected chi connectivity index (χ0v) is 14.7. The molecule has 0 aromatic heterocycles. The van der Waals surface area contributed by atoms with Crippen LogP contribution in [-0.2, 0) is 11.2 Å². The Balaban J connectivity index is 1.79. The quantitative estimate of drug-likeness (QED) is 0.607. The highest BCUT2D eigenvalue weighted by atomic mass is 16.6. The second-order valence-corrected chi connectivity index (χ2v) is 6.10. The van der Waals surface area contributed by atoms with Gasteiger partial charge in [-0.1, -0.05) is 12.1 Å². The van der Waals surface area contributed by atoms with E-state index in [-0.39, 0.29) is 18.2 Å². The molecule has 1 amide bonds. The summed E-state index contributed by atoms with van der Waals surface area (Å²) in [6.07, 6.45) is 1.76. The minimum absolute atomic E-state index is 0.0736. The summed E-state index contributed by atoms with van der Waals surface area (Å²) in [6.45, 7) is 2.41. The molecular formula is C19H20N2O5. The van der Waals surface area contributed by atoms with Gasteiger partial charge in [-0.25, -0.2) is 0 Å². The maximum absolute atomic E-state index is 12.7. The van der Waals surface area contributed by atoms with Crippen LogP contribution in [0.5, 0.6) is 11.5 Å². The normalized spacial score (nSPS) is 13.1. The van der Waals surface area contributed by atoms with Crippen molar-refractivity contribution in [1.82, 2.24) is 0 Å². The highest BCUT2D eigenvalue weighted by Crippen LogP contribution is 2.38. The van der Waals surface area contributed by atoms with Gasteiger partial charge in [-0.15, -0.1) is 0 Å². The number of benzene rings is 2. The summed E-state index contributed by atoms with van der Waals surface area (Å²) in [5.41, 5.74) is 2.96. The molecule has 0 bridgehead atoms. The number of methoxy groups -OCH3 is 1. The van der Waals surface area contributed by atoms with E-state index in [2.05, 4.69) is 0 Å². The number of hydrogen-bond donors (Lipinski definition) is 0. The van der Waals surface area contributed by atoms with Crippen LogP contribution in [0.3, 0.4) is 0 Å². The summed E-state index contributed by atoms with van der Waals surface area (Å²) in [5, 5.41) is 10.8. The molecule has 7 heteroatoms. The topological polar surface area (TPSA) is 81.9 Å². The molecule has 3 rings (SSSR count). The minimum atomic E-state index is -0.497. The molecule has 0 saturated heterocycles. The number of carbonyl (C=O) groups excluding carboxylic acids is 1. The zero-order chi connectivity index (χ0) is 18.7. The first-order chi connectivity index (χ1) is 12.5. The van der Waals surface area contributed by atoms with Crippen LogP contribution < -0.4 is 14.4 Å². The van der Waals surface area contributed by atoms with Crippen LogP contribution in [0.25, 0.3) is 0 Å². The first-order valence-corrected chi connectivity index (χ1v) is 8.35. The van der Waals surface area contributed by atoms with Crippen molar-refractivity contribution in [3.63, 3.8) is 0 Å². The second-order valence-electron chi connectivity index (χ2n) is 6.10. The van der Waals surface area contributed by atoms with Gasteiger partial charge in [-0.3, -0.25) is 14.9 Å². The number of carbonyl (C=O) groups is 1. The van der Waals surface area contributed by atoms with Gasteiger partial charge in [0.15, 0.2) is 6.61 Å². The monoisotopic (exact) mass is 356 g/mol. The highest BCUT2D eigenvalue weighted by Gasteiger charge is 2.27. The Morgan fingerprint density at radius 1 is 1.31 bits per heavy atom. The van der Waals surface area contributed by atoms with Crippen molar-refractivity contribution in [3.8, 4) is 11.5 Å². The van der Waals surface area contributed by atoms with E-state index in [0.717, 1.165) is 29.7 Å². The molecule has 26 heavy (non-hydrogen) atoms.